The average molecular weight is 417 g/mol. The predicted octanol–water partition coefficient (Wildman–Crippen LogP) is 1.90. The summed E-state index contributed by atoms with van der Waals surface area (Å²) >= 11 is 0. The van der Waals surface area contributed by atoms with Crippen molar-refractivity contribution in [3.8, 4) is 11.5 Å². The molecule has 2 heterocycles. The Labute approximate surface area is 177 Å². The molecule has 164 valence electrons. The summed E-state index contributed by atoms with van der Waals surface area (Å²) in [6.07, 6.45) is 3.05. The van der Waals surface area contributed by atoms with Crippen LogP contribution in [0.15, 0.2) is 12.1 Å². The Bertz CT molecular complexity index is 889. The third-order valence-corrected chi connectivity index (χ3v) is 8.38. The number of hydrogen-bond donors (Lipinski definition) is 3. The third kappa shape index (κ3) is 2.29. The molecule has 2 bridgehead atoms. The maximum Gasteiger partial charge on any atom is 0.320 e. The minimum Gasteiger partial charge on any atom is -0.504 e. The first-order valence-electron chi connectivity index (χ1n) is 11.0. The number of carboxylic acids is 1. The Hall–Kier alpha value is -1.83. The topological polar surface area (TPSA) is 91.3 Å². The van der Waals surface area contributed by atoms with Crippen LogP contribution in [0.1, 0.15) is 44.2 Å². The second-order valence-corrected chi connectivity index (χ2v) is 9.87. The van der Waals surface area contributed by atoms with Crippen molar-refractivity contribution in [3.05, 3.63) is 23.3 Å². The number of rotatable bonds is 5. The van der Waals surface area contributed by atoms with Crippen LogP contribution in [0.2, 0.25) is 0 Å². The van der Waals surface area contributed by atoms with Crippen molar-refractivity contribution in [2.24, 2.45) is 5.92 Å². The van der Waals surface area contributed by atoms with Gasteiger partial charge in [-0.2, -0.15) is 0 Å². The highest BCUT2D eigenvalue weighted by Crippen LogP contribution is 2.66. The number of carbonyl (C=O) groups is 1. The van der Waals surface area contributed by atoms with E-state index in [-0.39, 0.29) is 29.9 Å². The fourth-order valence-electron chi connectivity index (χ4n) is 7.09. The Balaban J connectivity index is 1.67. The molecule has 7 nitrogen and oxygen atoms in total. The fraction of sp³-hybridized carbons (Fsp3) is 0.696. The molecule has 0 aromatic heterocycles. The second kappa shape index (κ2) is 6.58. The maximum absolute atomic E-state index is 11.9. The van der Waals surface area contributed by atoms with E-state index in [0.29, 0.717) is 5.75 Å². The summed E-state index contributed by atoms with van der Waals surface area (Å²) in [7, 11) is 3.97. The molecule has 30 heavy (non-hydrogen) atoms. The minimum atomic E-state index is -0.838. The van der Waals surface area contributed by atoms with E-state index >= 15 is 0 Å². The van der Waals surface area contributed by atoms with E-state index < -0.39 is 23.0 Å². The lowest BCUT2D eigenvalue weighted by Gasteiger charge is -2.65. The number of carboxylic acid groups (broad SMARTS) is 1. The quantitative estimate of drug-likeness (QED) is 0.675. The van der Waals surface area contributed by atoms with Gasteiger partial charge in [0, 0.05) is 24.8 Å². The molecule has 1 aromatic carbocycles. The minimum absolute atomic E-state index is 0.0431. The van der Waals surface area contributed by atoms with Gasteiger partial charge in [-0.1, -0.05) is 19.9 Å². The summed E-state index contributed by atoms with van der Waals surface area (Å²) in [6, 6.07) is 3.21. The molecule has 1 spiro atoms. The van der Waals surface area contributed by atoms with Crippen LogP contribution in [-0.2, 0) is 21.4 Å². The van der Waals surface area contributed by atoms with Gasteiger partial charge in [0.15, 0.2) is 11.5 Å². The second-order valence-electron chi connectivity index (χ2n) is 9.87. The summed E-state index contributed by atoms with van der Waals surface area (Å²) in [4.78, 5) is 14.3. The van der Waals surface area contributed by atoms with E-state index in [2.05, 4.69) is 17.3 Å². The Kier molecular flexibility index (Phi) is 4.41. The number of likely N-dealkylation sites (N-methyl/N-ethyl adjacent to an activating group) is 1. The number of aromatic hydroxyl groups is 1. The fourth-order valence-corrected chi connectivity index (χ4v) is 7.09. The molecule has 2 aliphatic carbocycles. The van der Waals surface area contributed by atoms with Gasteiger partial charge in [0.1, 0.15) is 12.1 Å². The van der Waals surface area contributed by atoms with Crippen LogP contribution in [0.4, 0.5) is 0 Å². The number of benzene rings is 1. The summed E-state index contributed by atoms with van der Waals surface area (Å²) in [5.41, 5.74) is 1.51. The van der Waals surface area contributed by atoms with Gasteiger partial charge in [0.2, 0.25) is 0 Å². The average Bonchev–Trinajstić information content (AvgIpc) is 3.06. The van der Waals surface area contributed by atoms with Gasteiger partial charge in [0.05, 0.1) is 11.0 Å². The van der Waals surface area contributed by atoms with Crippen molar-refractivity contribution in [1.82, 2.24) is 10.2 Å². The van der Waals surface area contributed by atoms with Gasteiger partial charge >= 0.3 is 5.97 Å². The molecule has 1 aromatic rings. The Morgan fingerprint density at radius 1 is 1.37 bits per heavy atom. The van der Waals surface area contributed by atoms with Gasteiger partial charge in [-0.3, -0.25) is 10.1 Å². The van der Waals surface area contributed by atoms with E-state index in [1.54, 1.807) is 13.2 Å². The summed E-state index contributed by atoms with van der Waals surface area (Å²) < 4.78 is 13.0. The SMILES string of the molecule is CO[C@@]12CC[C@H](N[C@H](C(=O)O)C(C)C)[C@@H]3Oc4c(O)ccc5c4[C@@]31CCN(C)[C@@H]2C5. The number of nitrogens with zero attached hydrogens (tertiary/aromatic N) is 1. The van der Waals surface area contributed by atoms with Gasteiger partial charge in [-0.05, 0) is 56.8 Å². The van der Waals surface area contributed by atoms with Gasteiger partial charge in [0.25, 0.3) is 0 Å². The molecule has 6 atom stereocenters. The zero-order valence-corrected chi connectivity index (χ0v) is 18.1. The smallest absolute Gasteiger partial charge is 0.320 e. The van der Waals surface area contributed by atoms with Crippen molar-refractivity contribution in [3.63, 3.8) is 0 Å². The Morgan fingerprint density at radius 3 is 2.80 bits per heavy atom. The molecule has 0 amide bonds. The van der Waals surface area contributed by atoms with Gasteiger partial charge in [-0.15, -0.1) is 0 Å². The summed E-state index contributed by atoms with van der Waals surface area (Å²) in [5, 5.41) is 23.9. The molecule has 0 unspecified atom stereocenters. The summed E-state index contributed by atoms with van der Waals surface area (Å²) in [6.45, 7) is 4.77. The molecule has 0 radical (unpaired) electrons. The standard InChI is InChI=1S/C23H32N2O5/c1-12(2)18(21(27)28)24-14-7-8-23(29-4)16-11-13-5-6-15(26)19-17(13)22(23,20(14)30-19)9-10-25(16)3/h5-6,12,14,16,18,20,24,26H,7-11H2,1-4H3,(H,27,28)/t14-,16+,18-,20-,22-,23+/m0/s1. The highest BCUT2D eigenvalue weighted by molar-refractivity contribution is 5.74. The van der Waals surface area contributed by atoms with E-state index in [1.807, 2.05) is 19.9 Å². The predicted molar refractivity (Wildman–Crippen MR) is 111 cm³/mol. The molecule has 4 aliphatic rings. The molecular formula is C23H32N2O5. The van der Waals surface area contributed by atoms with Crippen LogP contribution < -0.4 is 10.1 Å². The normalized spacial score (nSPS) is 37.6. The Morgan fingerprint density at radius 2 is 2.13 bits per heavy atom. The highest BCUT2D eigenvalue weighted by atomic mass is 16.5. The summed E-state index contributed by atoms with van der Waals surface area (Å²) in [5.74, 6) is -0.141. The molecular weight excluding hydrogens is 384 g/mol. The first-order valence-corrected chi connectivity index (χ1v) is 11.0. The van der Waals surface area contributed by atoms with Crippen LogP contribution >= 0.6 is 0 Å². The van der Waals surface area contributed by atoms with E-state index in [4.69, 9.17) is 9.47 Å². The number of piperidine rings is 1. The molecule has 2 fully saturated rings. The van der Waals surface area contributed by atoms with Gasteiger partial charge in [-0.25, -0.2) is 0 Å². The van der Waals surface area contributed by atoms with Crippen LogP contribution in [-0.4, -0.2) is 71.6 Å². The van der Waals surface area contributed by atoms with Gasteiger partial charge < -0.3 is 24.6 Å². The monoisotopic (exact) mass is 416 g/mol. The zero-order valence-electron chi connectivity index (χ0n) is 18.1. The van der Waals surface area contributed by atoms with Crippen LogP contribution in [0.3, 0.4) is 0 Å². The van der Waals surface area contributed by atoms with Crippen LogP contribution in [0, 0.1) is 5.92 Å². The number of phenols is 1. The molecule has 1 saturated carbocycles. The molecule has 5 rings (SSSR count). The lowest BCUT2D eigenvalue weighted by Crippen LogP contribution is -2.78. The van der Waals surface area contributed by atoms with Crippen LogP contribution in [0.5, 0.6) is 11.5 Å². The highest BCUT2D eigenvalue weighted by Gasteiger charge is 2.73. The number of ether oxygens (including phenoxy) is 2. The number of phenolic OH excluding ortho intramolecular Hbond substituents is 1. The number of aliphatic carboxylic acids is 1. The van der Waals surface area contributed by atoms with E-state index in [0.717, 1.165) is 37.8 Å². The largest absolute Gasteiger partial charge is 0.504 e. The first kappa shape index (κ1) is 20.1. The number of likely N-dealkylation sites (tertiary alicyclic amines) is 1. The number of methoxy groups -OCH3 is 1. The van der Waals surface area contributed by atoms with Crippen molar-refractivity contribution in [1.29, 1.82) is 0 Å². The molecule has 7 heteroatoms. The third-order valence-electron chi connectivity index (χ3n) is 8.38. The van der Waals surface area contributed by atoms with Crippen LogP contribution in [0.25, 0.3) is 0 Å². The zero-order chi connectivity index (χ0) is 21.4. The number of nitrogens with one attached hydrogen (secondary N) is 1. The number of hydrogen-bond acceptors (Lipinski definition) is 6. The van der Waals surface area contributed by atoms with Crippen molar-refractivity contribution in [2.45, 2.75) is 74.8 Å². The van der Waals surface area contributed by atoms with Crippen molar-refractivity contribution < 1.29 is 24.5 Å². The van der Waals surface area contributed by atoms with E-state index in [1.165, 1.54) is 5.56 Å². The van der Waals surface area contributed by atoms with Crippen molar-refractivity contribution >= 4 is 5.97 Å². The van der Waals surface area contributed by atoms with E-state index in [9.17, 15) is 15.0 Å². The van der Waals surface area contributed by atoms with Crippen molar-refractivity contribution in [2.75, 3.05) is 20.7 Å². The maximum atomic E-state index is 11.9. The molecule has 1 saturated heterocycles. The lowest BCUT2D eigenvalue weighted by molar-refractivity contribution is -0.204. The first-order chi connectivity index (χ1) is 14.3. The molecule has 2 aliphatic heterocycles. The molecule has 3 N–H and O–H groups in total. The lowest BCUT2D eigenvalue weighted by atomic mass is 9.48.